The summed E-state index contributed by atoms with van der Waals surface area (Å²) in [6, 6.07) is 4.23. The van der Waals surface area contributed by atoms with Gasteiger partial charge in [0.15, 0.2) is 0 Å². The first-order valence-corrected chi connectivity index (χ1v) is 5.20. The van der Waals surface area contributed by atoms with E-state index in [1.165, 1.54) is 11.1 Å². The fourth-order valence-electron chi connectivity index (χ4n) is 1.99. The van der Waals surface area contributed by atoms with Gasteiger partial charge in [-0.1, -0.05) is 0 Å². The maximum atomic E-state index is 5.60. The Morgan fingerprint density at radius 3 is 2.73 bits per heavy atom. The standard InChI is InChI=1S/C12H17NO2/c1-8-5-11(14-3)9(2)4-10(8)12-6-13-7-15-12/h4-5,12-13H,6-7H2,1-3H3. The van der Waals surface area contributed by atoms with Crippen LogP contribution < -0.4 is 10.1 Å². The molecule has 0 spiro atoms. The number of hydrogen-bond donors (Lipinski definition) is 1. The van der Waals surface area contributed by atoms with Gasteiger partial charge in [0.2, 0.25) is 0 Å². The molecule has 1 aliphatic heterocycles. The molecule has 1 aromatic rings. The maximum absolute atomic E-state index is 5.60. The molecule has 0 aliphatic carbocycles. The monoisotopic (exact) mass is 207 g/mol. The van der Waals surface area contributed by atoms with E-state index in [0.29, 0.717) is 6.73 Å². The molecule has 1 saturated heterocycles. The Bertz CT molecular complexity index is 357. The first-order valence-electron chi connectivity index (χ1n) is 5.20. The molecule has 2 rings (SSSR count). The van der Waals surface area contributed by atoms with Crippen molar-refractivity contribution in [3.05, 3.63) is 28.8 Å². The summed E-state index contributed by atoms with van der Waals surface area (Å²) in [6.45, 7) is 5.70. The molecular formula is C12H17NO2. The van der Waals surface area contributed by atoms with E-state index < -0.39 is 0 Å². The lowest BCUT2D eigenvalue weighted by molar-refractivity contribution is 0.114. The van der Waals surface area contributed by atoms with Crippen LogP contribution in [0, 0.1) is 13.8 Å². The second-order valence-electron chi connectivity index (χ2n) is 3.93. The third kappa shape index (κ3) is 1.98. The number of aryl methyl sites for hydroxylation is 2. The highest BCUT2D eigenvalue weighted by molar-refractivity contribution is 5.42. The van der Waals surface area contributed by atoms with Gasteiger partial charge >= 0.3 is 0 Å². The summed E-state index contributed by atoms with van der Waals surface area (Å²) in [4.78, 5) is 0. The zero-order valence-electron chi connectivity index (χ0n) is 9.46. The molecule has 3 nitrogen and oxygen atoms in total. The highest BCUT2D eigenvalue weighted by Crippen LogP contribution is 2.29. The zero-order valence-corrected chi connectivity index (χ0v) is 9.46. The summed E-state index contributed by atoms with van der Waals surface area (Å²) in [5.74, 6) is 0.946. The minimum Gasteiger partial charge on any atom is -0.496 e. The quantitative estimate of drug-likeness (QED) is 0.803. The fraction of sp³-hybridized carbons (Fsp3) is 0.500. The van der Waals surface area contributed by atoms with Gasteiger partial charge in [-0.05, 0) is 42.7 Å². The van der Waals surface area contributed by atoms with Crippen molar-refractivity contribution in [1.82, 2.24) is 5.32 Å². The lowest BCUT2D eigenvalue weighted by Gasteiger charge is -2.15. The Morgan fingerprint density at radius 2 is 2.13 bits per heavy atom. The van der Waals surface area contributed by atoms with Gasteiger partial charge in [0.25, 0.3) is 0 Å². The molecule has 82 valence electrons. The summed E-state index contributed by atoms with van der Waals surface area (Å²) in [7, 11) is 1.70. The molecule has 1 N–H and O–H groups in total. The van der Waals surface area contributed by atoms with E-state index in [1.807, 2.05) is 0 Å². The van der Waals surface area contributed by atoms with Gasteiger partial charge in [0, 0.05) is 6.54 Å². The molecular weight excluding hydrogens is 190 g/mol. The van der Waals surface area contributed by atoms with Gasteiger partial charge in [0.05, 0.1) is 19.9 Å². The molecule has 0 amide bonds. The summed E-state index contributed by atoms with van der Waals surface area (Å²) < 4.78 is 10.9. The van der Waals surface area contributed by atoms with Crippen molar-refractivity contribution in [3.8, 4) is 5.75 Å². The largest absolute Gasteiger partial charge is 0.496 e. The summed E-state index contributed by atoms with van der Waals surface area (Å²) >= 11 is 0. The van der Waals surface area contributed by atoms with Crippen molar-refractivity contribution in [2.24, 2.45) is 0 Å². The third-order valence-corrected chi connectivity index (χ3v) is 2.85. The topological polar surface area (TPSA) is 30.5 Å². The van der Waals surface area contributed by atoms with Crippen LogP contribution in [-0.4, -0.2) is 20.4 Å². The normalized spacial score (nSPS) is 20.6. The van der Waals surface area contributed by atoms with Crippen LogP contribution in [0.5, 0.6) is 5.75 Å². The van der Waals surface area contributed by atoms with E-state index in [2.05, 4.69) is 31.3 Å². The van der Waals surface area contributed by atoms with E-state index in [0.717, 1.165) is 17.9 Å². The Balaban J connectivity index is 2.35. The molecule has 15 heavy (non-hydrogen) atoms. The number of benzene rings is 1. The van der Waals surface area contributed by atoms with Crippen LogP contribution in [-0.2, 0) is 4.74 Å². The van der Waals surface area contributed by atoms with E-state index in [1.54, 1.807) is 7.11 Å². The van der Waals surface area contributed by atoms with Crippen molar-refractivity contribution in [3.63, 3.8) is 0 Å². The Labute approximate surface area is 90.4 Å². The van der Waals surface area contributed by atoms with Crippen LogP contribution in [0.3, 0.4) is 0 Å². The zero-order chi connectivity index (χ0) is 10.8. The molecule has 0 bridgehead atoms. The van der Waals surface area contributed by atoms with Crippen molar-refractivity contribution in [1.29, 1.82) is 0 Å². The summed E-state index contributed by atoms with van der Waals surface area (Å²) in [5, 5.41) is 3.19. The van der Waals surface area contributed by atoms with Gasteiger partial charge in [0.1, 0.15) is 5.75 Å². The van der Waals surface area contributed by atoms with Crippen LogP contribution in [0.25, 0.3) is 0 Å². The van der Waals surface area contributed by atoms with Crippen LogP contribution in [0.15, 0.2) is 12.1 Å². The van der Waals surface area contributed by atoms with Crippen molar-refractivity contribution >= 4 is 0 Å². The molecule has 1 atom stereocenters. The third-order valence-electron chi connectivity index (χ3n) is 2.85. The molecule has 3 heteroatoms. The lowest BCUT2D eigenvalue weighted by Crippen LogP contribution is -2.09. The molecule has 0 saturated carbocycles. The van der Waals surface area contributed by atoms with Crippen LogP contribution in [0.4, 0.5) is 0 Å². The van der Waals surface area contributed by atoms with Gasteiger partial charge in [-0.15, -0.1) is 0 Å². The molecule has 1 aromatic carbocycles. The van der Waals surface area contributed by atoms with Crippen LogP contribution in [0.2, 0.25) is 0 Å². The predicted molar refractivity (Wildman–Crippen MR) is 59.2 cm³/mol. The molecule has 1 aliphatic rings. The second-order valence-corrected chi connectivity index (χ2v) is 3.93. The average Bonchev–Trinajstić information content (AvgIpc) is 2.74. The Morgan fingerprint density at radius 1 is 1.33 bits per heavy atom. The van der Waals surface area contributed by atoms with E-state index in [9.17, 15) is 0 Å². The predicted octanol–water partition coefficient (Wildman–Crippen LogP) is 1.93. The molecule has 0 radical (unpaired) electrons. The van der Waals surface area contributed by atoms with Gasteiger partial charge < -0.3 is 9.47 Å². The second kappa shape index (κ2) is 4.21. The minimum atomic E-state index is 0.189. The van der Waals surface area contributed by atoms with Crippen molar-refractivity contribution < 1.29 is 9.47 Å². The number of rotatable bonds is 2. The number of methoxy groups -OCH3 is 1. The van der Waals surface area contributed by atoms with Crippen LogP contribution >= 0.6 is 0 Å². The first-order chi connectivity index (χ1) is 7.22. The fourth-order valence-corrected chi connectivity index (χ4v) is 1.99. The first kappa shape index (κ1) is 10.5. The Kier molecular flexibility index (Phi) is 2.93. The highest BCUT2D eigenvalue weighted by atomic mass is 16.5. The Hall–Kier alpha value is -1.06. The lowest BCUT2D eigenvalue weighted by atomic mass is 10.00. The smallest absolute Gasteiger partial charge is 0.122 e. The molecule has 1 fully saturated rings. The summed E-state index contributed by atoms with van der Waals surface area (Å²) in [5.41, 5.74) is 3.65. The number of hydrogen-bond acceptors (Lipinski definition) is 3. The van der Waals surface area contributed by atoms with E-state index in [4.69, 9.17) is 9.47 Å². The molecule has 0 aromatic heterocycles. The van der Waals surface area contributed by atoms with Crippen molar-refractivity contribution in [2.45, 2.75) is 20.0 Å². The summed E-state index contributed by atoms with van der Waals surface area (Å²) in [6.07, 6.45) is 0.189. The van der Waals surface area contributed by atoms with E-state index in [-0.39, 0.29) is 6.10 Å². The number of nitrogens with one attached hydrogen (secondary N) is 1. The van der Waals surface area contributed by atoms with Gasteiger partial charge in [-0.25, -0.2) is 0 Å². The van der Waals surface area contributed by atoms with Crippen molar-refractivity contribution in [2.75, 3.05) is 20.4 Å². The van der Waals surface area contributed by atoms with Crippen LogP contribution in [0.1, 0.15) is 22.8 Å². The minimum absolute atomic E-state index is 0.189. The average molecular weight is 207 g/mol. The van der Waals surface area contributed by atoms with E-state index >= 15 is 0 Å². The number of ether oxygens (including phenoxy) is 2. The maximum Gasteiger partial charge on any atom is 0.122 e. The highest BCUT2D eigenvalue weighted by Gasteiger charge is 2.19. The van der Waals surface area contributed by atoms with Gasteiger partial charge in [-0.3, -0.25) is 5.32 Å². The van der Waals surface area contributed by atoms with Gasteiger partial charge in [-0.2, -0.15) is 0 Å². The molecule has 1 unspecified atom stereocenters. The SMILES string of the molecule is COc1cc(C)c(C2CNCO2)cc1C. The molecule has 1 heterocycles.